The molecule has 0 unspecified atom stereocenters. The molecular weight excluding hydrogens is 212 g/mol. The van der Waals surface area contributed by atoms with Crippen LogP contribution in [0.3, 0.4) is 0 Å². The number of rotatable bonds is 7. The molecule has 0 saturated carbocycles. The molecule has 96 valence electrons. The van der Waals surface area contributed by atoms with Crippen LogP contribution in [0, 0.1) is 0 Å². The fraction of sp³-hybridized carbons (Fsp3) is 0.571. The lowest BCUT2D eigenvalue weighted by Crippen LogP contribution is -2.30. The summed E-state index contributed by atoms with van der Waals surface area (Å²) in [5, 5.41) is 3.15. The summed E-state index contributed by atoms with van der Waals surface area (Å²) < 4.78 is 5.83. The number of hydrogen-bond donors (Lipinski definition) is 1. The van der Waals surface area contributed by atoms with Crippen molar-refractivity contribution >= 4 is 0 Å². The molecule has 1 N–H and O–H groups in total. The van der Waals surface area contributed by atoms with Crippen molar-refractivity contribution < 1.29 is 4.74 Å². The van der Waals surface area contributed by atoms with Gasteiger partial charge in [0, 0.05) is 24.7 Å². The van der Waals surface area contributed by atoms with Gasteiger partial charge in [-0.15, -0.1) is 0 Å². The van der Waals surface area contributed by atoms with E-state index in [2.05, 4.69) is 37.2 Å². The monoisotopic (exact) mass is 236 g/mol. The van der Waals surface area contributed by atoms with Crippen molar-refractivity contribution in [2.75, 3.05) is 27.2 Å². The van der Waals surface area contributed by atoms with Crippen LogP contribution in [0.4, 0.5) is 0 Å². The number of nitrogens with one attached hydrogen (secondary N) is 1. The van der Waals surface area contributed by atoms with E-state index in [9.17, 15) is 0 Å². The predicted molar refractivity (Wildman–Crippen MR) is 72.5 cm³/mol. The van der Waals surface area contributed by atoms with Crippen molar-refractivity contribution in [1.82, 2.24) is 10.2 Å². The molecule has 0 aromatic heterocycles. The van der Waals surface area contributed by atoms with E-state index >= 15 is 0 Å². The smallest absolute Gasteiger partial charge is 0.123 e. The van der Waals surface area contributed by atoms with Gasteiger partial charge in [-0.2, -0.15) is 0 Å². The van der Waals surface area contributed by atoms with E-state index < -0.39 is 0 Å². The van der Waals surface area contributed by atoms with Gasteiger partial charge in [0.25, 0.3) is 0 Å². The molecule has 0 spiro atoms. The number of para-hydroxylation sites is 1. The van der Waals surface area contributed by atoms with Gasteiger partial charge in [-0.1, -0.05) is 18.2 Å². The van der Waals surface area contributed by atoms with Crippen LogP contribution >= 0.6 is 0 Å². The maximum atomic E-state index is 5.83. The van der Waals surface area contributed by atoms with Gasteiger partial charge in [0.1, 0.15) is 12.4 Å². The number of ether oxygens (including phenoxy) is 1. The summed E-state index contributed by atoms with van der Waals surface area (Å²) >= 11 is 0. The van der Waals surface area contributed by atoms with Gasteiger partial charge in [0.05, 0.1) is 0 Å². The van der Waals surface area contributed by atoms with Gasteiger partial charge in [-0.25, -0.2) is 0 Å². The fourth-order valence-corrected chi connectivity index (χ4v) is 1.54. The molecular formula is C14H24N2O. The van der Waals surface area contributed by atoms with Gasteiger partial charge >= 0.3 is 0 Å². The van der Waals surface area contributed by atoms with E-state index in [1.54, 1.807) is 0 Å². The summed E-state index contributed by atoms with van der Waals surface area (Å²) in [5.74, 6) is 0.985. The Balaban J connectivity index is 2.45. The zero-order chi connectivity index (χ0) is 12.7. The van der Waals surface area contributed by atoms with E-state index in [0.717, 1.165) is 25.4 Å². The molecule has 1 rings (SSSR count). The molecule has 1 aromatic rings. The first kappa shape index (κ1) is 14.0. The molecule has 3 heteroatoms. The summed E-state index contributed by atoms with van der Waals surface area (Å²) in [7, 11) is 4.07. The molecule has 0 radical (unpaired) electrons. The Kier molecular flexibility index (Phi) is 6.01. The Hall–Kier alpha value is -1.06. The first-order chi connectivity index (χ1) is 8.15. The van der Waals surface area contributed by atoms with Gasteiger partial charge in [-0.05, 0) is 34.0 Å². The molecule has 0 aliphatic heterocycles. The summed E-state index contributed by atoms with van der Waals surface area (Å²) in [6.07, 6.45) is 0. The van der Waals surface area contributed by atoms with Crippen LogP contribution in [-0.4, -0.2) is 38.2 Å². The van der Waals surface area contributed by atoms with Crippen molar-refractivity contribution in [3.8, 4) is 5.75 Å². The Labute approximate surface area is 105 Å². The summed E-state index contributed by atoms with van der Waals surface area (Å²) in [4.78, 5) is 2.28. The standard InChI is InChI=1S/C14H24N2O/c1-12(2)16(4)9-10-17-14-8-6-5-7-13(14)11-15-3/h5-8,12,15H,9-11H2,1-4H3. The molecule has 0 saturated heterocycles. The highest BCUT2D eigenvalue weighted by atomic mass is 16.5. The maximum absolute atomic E-state index is 5.83. The average molecular weight is 236 g/mol. The third-order valence-corrected chi connectivity index (χ3v) is 2.92. The SMILES string of the molecule is CNCc1ccccc1OCCN(C)C(C)C. The van der Waals surface area contributed by atoms with Crippen molar-refractivity contribution in [3.63, 3.8) is 0 Å². The van der Waals surface area contributed by atoms with E-state index in [1.807, 2.05) is 25.2 Å². The Morgan fingerprint density at radius 3 is 2.65 bits per heavy atom. The molecule has 0 fully saturated rings. The highest BCUT2D eigenvalue weighted by molar-refractivity contribution is 5.33. The average Bonchev–Trinajstić information content (AvgIpc) is 2.31. The van der Waals surface area contributed by atoms with Crippen LogP contribution < -0.4 is 10.1 Å². The van der Waals surface area contributed by atoms with Gasteiger partial charge in [0.15, 0.2) is 0 Å². The van der Waals surface area contributed by atoms with Crippen LogP contribution in [-0.2, 0) is 6.54 Å². The minimum absolute atomic E-state index is 0.561. The van der Waals surface area contributed by atoms with Gasteiger partial charge < -0.3 is 15.0 Å². The van der Waals surface area contributed by atoms with E-state index in [0.29, 0.717) is 6.04 Å². The molecule has 0 amide bonds. The molecule has 0 aliphatic carbocycles. The quantitative estimate of drug-likeness (QED) is 0.785. The lowest BCUT2D eigenvalue weighted by Gasteiger charge is -2.21. The Bertz CT molecular complexity index is 326. The Morgan fingerprint density at radius 1 is 1.29 bits per heavy atom. The molecule has 0 atom stereocenters. The van der Waals surface area contributed by atoms with Crippen LogP contribution in [0.15, 0.2) is 24.3 Å². The first-order valence-corrected chi connectivity index (χ1v) is 6.20. The van der Waals surface area contributed by atoms with Crippen molar-refractivity contribution in [2.24, 2.45) is 0 Å². The summed E-state index contributed by atoms with van der Waals surface area (Å²) in [6, 6.07) is 8.74. The van der Waals surface area contributed by atoms with Gasteiger partial charge in [-0.3, -0.25) is 0 Å². The topological polar surface area (TPSA) is 24.5 Å². The molecule has 3 nitrogen and oxygen atoms in total. The third-order valence-electron chi connectivity index (χ3n) is 2.92. The molecule has 0 bridgehead atoms. The second-order valence-corrected chi connectivity index (χ2v) is 4.56. The first-order valence-electron chi connectivity index (χ1n) is 6.20. The lowest BCUT2D eigenvalue weighted by atomic mass is 10.2. The summed E-state index contributed by atoms with van der Waals surface area (Å²) in [6.45, 7) is 6.90. The van der Waals surface area contributed by atoms with E-state index in [4.69, 9.17) is 4.74 Å². The number of nitrogens with zero attached hydrogens (tertiary/aromatic N) is 1. The minimum Gasteiger partial charge on any atom is -0.492 e. The molecule has 17 heavy (non-hydrogen) atoms. The van der Waals surface area contributed by atoms with Crippen molar-refractivity contribution in [2.45, 2.75) is 26.4 Å². The van der Waals surface area contributed by atoms with Crippen molar-refractivity contribution in [1.29, 1.82) is 0 Å². The van der Waals surface area contributed by atoms with Crippen LogP contribution in [0.5, 0.6) is 5.75 Å². The highest BCUT2D eigenvalue weighted by Crippen LogP contribution is 2.17. The second kappa shape index (κ2) is 7.30. The van der Waals surface area contributed by atoms with Gasteiger partial charge in [0.2, 0.25) is 0 Å². The van der Waals surface area contributed by atoms with Crippen LogP contribution in [0.2, 0.25) is 0 Å². The number of benzene rings is 1. The maximum Gasteiger partial charge on any atom is 0.123 e. The van der Waals surface area contributed by atoms with Crippen molar-refractivity contribution in [3.05, 3.63) is 29.8 Å². The Morgan fingerprint density at radius 2 is 2.00 bits per heavy atom. The third kappa shape index (κ3) is 4.75. The molecule has 0 heterocycles. The second-order valence-electron chi connectivity index (χ2n) is 4.56. The lowest BCUT2D eigenvalue weighted by molar-refractivity contribution is 0.207. The highest BCUT2D eigenvalue weighted by Gasteiger charge is 2.05. The zero-order valence-corrected chi connectivity index (χ0v) is 11.4. The zero-order valence-electron chi connectivity index (χ0n) is 11.4. The fourth-order valence-electron chi connectivity index (χ4n) is 1.54. The van der Waals surface area contributed by atoms with E-state index in [-0.39, 0.29) is 0 Å². The van der Waals surface area contributed by atoms with Crippen LogP contribution in [0.25, 0.3) is 0 Å². The normalized spacial score (nSPS) is 11.2. The van der Waals surface area contributed by atoms with E-state index in [1.165, 1.54) is 5.56 Å². The van der Waals surface area contributed by atoms with Crippen LogP contribution in [0.1, 0.15) is 19.4 Å². The summed E-state index contributed by atoms with van der Waals surface area (Å²) in [5.41, 5.74) is 1.21. The molecule has 1 aromatic carbocycles. The number of likely N-dealkylation sites (N-methyl/N-ethyl adjacent to an activating group) is 1. The molecule has 0 aliphatic rings. The largest absolute Gasteiger partial charge is 0.492 e. The minimum atomic E-state index is 0.561. The predicted octanol–water partition coefficient (Wildman–Crippen LogP) is 2.12. The number of hydrogen-bond acceptors (Lipinski definition) is 3.